The minimum absolute atomic E-state index is 0.140. The average Bonchev–Trinajstić information content (AvgIpc) is 2.88. The van der Waals surface area contributed by atoms with E-state index >= 15 is 0 Å². The van der Waals surface area contributed by atoms with Crippen molar-refractivity contribution < 1.29 is 5.11 Å². The quantitative estimate of drug-likeness (QED) is 0.634. The average molecular weight is 200 g/mol. The fourth-order valence-corrected chi connectivity index (χ4v) is 1.99. The van der Waals surface area contributed by atoms with E-state index in [0.29, 0.717) is 0 Å². The first kappa shape index (κ1) is 12.0. The highest BCUT2D eigenvalue weighted by Gasteiger charge is 2.27. The first-order chi connectivity index (χ1) is 6.59. The zero-order valence-electron chi connectivity index (χ0n) is 9.71. The van der Waals surface area contributed by atoms with Crippen molar-refractivity contribution >= 4 is 0 Å². The Balaban J connectivity index is 2.28. The third kappa shape index (κ3) is 3.95. The van der Waals surface area contributed by atoms with E-state index in [1.54, 1.807) is 0 Å². The van der Waals surface area contributed by atoms with Crippen LogP contribution in [0.5, 0.6) is 0 Å². The molecule has 0 radical (unpaired) electrons. The van der Waals surface area contributed by atoms with Crippen LogP contribution in [-0.2, 0) is 0 Å². The van der Waals surface area contributed by atoms with Crippen LogP contribution < -0.4 is 5.32 Å². The molecule has 0 bridgehead atoms. The molecule has 0 aromatic heterocycles. The molecule has 3 nitrogen and oxygen atoms in total. The summed E-state index contributed by atoms with van der Waals surface area (Å²) in [6, 6.07) is 0. The summed E-state index contributed by atoms with van der Waals surface area (Å²) in [5.74, 6) is 0.921. The lowest BCUT2D eigenvalue weighted by Crippen LogP contribution is -2.53. The molecule has 0 saturated heterocycles. The van der Waals surface area contributed by atoms with Gasteiger partial charge in [0.15, 0.2) is 0 Å². The molecule has 1 aliphatic carbocycles. The summed E-state index contributed by atoms with van der Waals surface area (Å²) in [4.78, 5) is 2.33. The summed E-state index contributed by atoms with van der Waals surface area (Å²) < 4.78 is 0. The number of aliphatic hydroxyl groups excluding tert-OH is 1. The van der Waals surface area contributed by atoms with Crippen LogP contribution in [0.1, 0.15) is 26.7 Å². The number of aliphatic hydroxyl groups is 1. The Morgan fingerprint density at radius 1 is 1.50 bits per heavy atom. The molecule has 84 valence electrons. The van der Waals surface area contributed by atoms with Gasteiger partial charge < -0.3 is 15.3 Å². The normalized spacial score (nSPS) is 21.2. The van der Waals surface area contributed by atoms with Crippen LogP contribution >= 0.6 is 0 Å². The zero-order chi connectivity index (χ0) is 10.6. The van der Waals surface area contributed by atoms with E-state index in [1.807, 2.05) is 0 Å². The van der Waals surface area contributed by atoms with Crippen LogP contribution in [0, 0.1) is 5.92 Å². The lowest BCUT2D eigenvalue weighted by Gasteiger charge is -2.33. The van der Waals surface area contributed by atoms with E-state index in [-0.39, 0.29) is 12.1 Å². The molecule has 1 atom stereocenters. The highest BCUT2D eigenvalue weighted by atomic mass is 16.3. The Labute approximate surface area is 87.5 Å². The summed E-state index contributed by atoms with van der Waals surface area (Å²) in [6.07, 6.45) is 2.78. The van der Waals surface area contributed by atoms with Crippen molar-refractivity contribution in [1.82, 2.24) is 10.2 Å². The second-order valence-electron chi connectivity index (χ2n) is 4.89. The predicted molar refractivity (Wildman–Crippen MR) is 59.4 cm³/mol. The second kappa shape index (κ2) is 5.10. The van der Waals surface area contributed by atoms with Gasteiger partial charge in [-0.05, 0) is 39.3 Å². The Kier molecular flexibility index (Phi) is 4.35. The molecular weight excluding hydrogens is 176 g/mol. The van der Waals surface area contributed by atoms with Crippen molar-refractivity contribution in [1.29, 1.82) is 0 Å². The first-order valence-corrected chi connectivity index (χ1v) is 5.64. The summed E-state index contributed by atoms with van der Waals surface area (Å²) in [6.45, 7) is 7.38. The lowest BCUT2D eigenvalue weighted by molar-refractivity contribution is 0.132. The number of rotatable bonds is 7. The van der Waals surface area contributed by atoms with Crippen molar-refractivity contribution in [3.05, 3.63) is 0 Å². The van der Waals surface area contributed by atoms with Crippen LogP contribution in [0.15, 0.2) is 0 Å². The molecule has 1 rings (SSSR count). The van der Waals surface area contributed by atoms with E-state index in [4.69, 9.17) is 0 Å². The fourth-order valence-electron chi connectivity index (χ4n) is 1.99. The molecule has 0 heterocycles. The van der Waals surface area contributed by atoms with Gasteiger partial charge in [-0.1, -0.05) is 6.92 Å². The molecule has 3 heteroatoms. The van der Waals surface area contributed by atoms with Crippen LogP contribution in [0.2, 0.25) is 0 Å². The first-order valence-electron chi connectivity index (χ1n) is 5.64. The van der Waals surface area contributed by atoms with E-state index in [9.17, 15) is 5.11 Å². The van der Waals surface area contributed by atoms with E-state index < -0.39 is 0 Å². The minimum Gasteiger partial charge on any atom is -0.394 e. The molecule has 1 aliphatic rings. The van der Waals surface area contributed by atoms with Gasteiger partial charge in [0.2, 0.25) is 0 Å². The third-order valence-corrected chi connectivity index (χ3v) is 2.84. The molecule has 0 aliphatic heterocycles. The van der Waals surface area contributed by atoms with E-state index in [0.717, 1.165) is 19.0 Å². The molecule has 2 N–H and O–H groups in total. The Hall–Kier alpha value is -0.120. The summed E-state index contributed by atoms with van der Waals surface area (Å²) in [5, 5.41) is 12.7. The molecule has 0 aromatic carbocycles. The molecule has 1 unspecified atom stereocenters. The SMILES string of the molecule is CCNC(C)(CO)CN(C)CC1CC1. The zero-order valence-corrected chi connectivity index (χ0v) is 9.71. The number of likely N-dealkylation sites (N-methyl/N-ethyl adjacent to an activating group) is 2. The highest BCUT2D eigenvalue weighted by Crippen LogP contribution is 2.29. The monoisotopic (exact) mass is 200 g/mol. The van der Waals surface area contributed by atoms with E-state index in [1.165, 1.54) is 19.4 Å². The second-order valence-corrected chi connectivity index (χ2v) is 4.89. The van der Waals surface area contributed by atoms with Crippen LogP contribution in [-0.4, -0.2) is 48.8 Å². The van der Waals surface area contributed by atoms with Gasteiger partial charge in [-0.25, -0.2) is 0 Å². The number of nitrogens with zero attached hydrogens (tertiary/aromatic N) is 1. The van der Waals surface area contributed by atoms with Crippen LogP contribution in [0.25, 0.3) is 0 Å². The molecule has 0 aromatic rings. The van der Waals surface area contributed by atoms with Gasteiger partial charge in [-0.15, -0.1) is 0 Å². The highest BCUT2D eigenvalue weighted by molar-refractivity contribution is 4.86. The minimum atomic E-state index is -0.140. The fraction of sp³-hybridized carbons (Fsp3) is 1.00. The molecule has 1 saturated carbocycles. The molecule has 1 fully saturated rings. The van der Waals surface area contributed by atoms with Gasteiger partial charge in [0.1, 0.15) is 0 Å². The van der Waals surface area contributed by atoms with Gasteiger partial charge in [0.25, 0.3) is 0 Å². The predicted octanol–water partition coefficient (Wildman–Crippen LogP) is 0.689. The maximum Gasteiger partial charge on any atom is 0.0623 e. The number of nitrogens with one attached hydrogen (secondary N) is 1. The van der Waals surface area contributed by atoms with Crippen LogP contribution in [0.4, 0.5) is 0 Å². The Morgan fingerprint density at radius 3 is 2.57 bits per heavy atom. The summed E-state index contributed by atoms with van der Waals surface area (Å²) in [5.41, 5.74) is -0.140. The summed E-state index contributed by atoms with van der Waals surface area (Å²) in [7, 11) is 2.14. The maximum atomic E-state index is 9.33. The smallest absolute Gasteiger partial charge is 0.0623 e. The van der Waals surface area contributed by atoms with Gasteiger partial charge >= 0.3 is 0 Å². The van der Waals surface area contributed by atoms with Crippen molar-refractivity contribution in [2.24, 2.45) is 5.92 Å². The Bertz CT molecular complexity index is 171. The Morgan fingerprint density at radius 2 is 2.14 bits per heavy atom. The van der Waals surface area contributed by atoms with Crippen molar-refractivity contribution in [3.8, 4) is 0 Å². The summed E-state index contributed by atoms with van der Waals surface area (Å²) >= 11 is 0. The molecule has 14 heavy (non-hydrogen) atoms. The third-order valence-electron chi connectivity index (χ3n) is 2.84. The number of hydrogen-bond acceptors (Lipinski definition) is 3. The van der Waals surface area contributed by atoms with Crippen molar-refractivity contribution in [2.75, 3.05) is 33.3 Å². The van der Waals surface area contributed by atoms with Gasteiger partial charge in [0.05, 0.1) is 12.1 Å². The van der Waals surface area contributed by atoms with E-state index in [2.05, 4.69) is 31.1 Å². The van der Waals surface area contributed by atoms with Gasteiger partial charge in [0, 0.05) is 13.1 Å². The molecular formula is C11H24N2O. The topological polar surface area (TPSA) is 35.5 Å². The molecule has 0 spiro atoms. The largest absolute Gasteiger partial charge is 0.394 e. The van der Waals surface area contributed by atoms with Gasteiger partial charge in [-0.3, -0.25) is 0 Å². The maximum absolute atomic E-state index is 9.33. The van der Waals surface area contributed by atoms with Crippen molar-refractivity contribution in [3.63, 3.8) is 0 Å². The van der Waals surface area contributed by atoms with Gasteiger partial charge in [-0.2, -0.15) is 0 Å². The standard InChI is InChI=1S/C11H24N2O/c1-4-12-11(2,9-14)8-13(3)7-10-5-6-10/h10,12,14H,4-9H2,1-3H3. The van der Waals surface area contributed by atoms with Crippen molar-refractivity contribution in [2.45, 2.75) is 32.2 Å². The lowest BCUT2D eigenvalue weighted by atomic mass is 10.0. The molecule has 0 amide bonds. The van der Waals surface area contributed by atoms with Crippen LogP contribution in [0.3, 0.4) is 0 Å². The number of hydrogen-bond donors (Lipinski definition) is 2.